The molecule has 64 valence electrons. The lowest BCUT2D eigenvalue weighted by molar-refractivity contribution is -0.969. The Balaban J connectivity index is 0. The number of hydrazone groups is 1. The fourth-order valence-corrected chi connectivity index (χ4v) is 0.101. The number of nitrogens with zero attached hydrogens (tertiary/aromatic N) is 2. The van der Waals surface area contributed by atoms with Crippen LogP contribution in [0.25, 0.3) is 0 Å². The Morgan fingerprint density at radius 2 is 1.91 bits per heavy atom. The van der Waals surface area contributed by atoms with Gasteiger partial charge in [0.15, 0.2) is 0 Å². The molecular weight excluding hydrogens is 158 g/mol. The number of carbonyl (C=O) groups excluding carboxylic acids is 1. The van der Waals surface area contributed by atoms with E-state index in [1.807, 2.05) is 5.43 Å². The quantitative estimate of drug-likeness (QED) is 0.132. The minimum absolute atomic E-state index is 0.160. The van der Waals surface area contributed by atoms with Crippen molar-refractivity contribution in [2.24, 2.45) is 16.6 Å². The molecule has 0 aliphatic carbocycles. The highest BCUT2D eigenvalue weighted by atomic mass is 16.9. The molecule has 1 amide bonds. The summed E-state index contributed by atoms with van der Waals surface area (Å²) in [6, 6.07) is 0. The third-order valence-corrected chi connectivity index (χ3v) is 0.246. The highest BCUT2D eigenvalue weighted by Crippen LogP contribution is 1.44. The summed E-state index contributed by atoms with van der Waals surface area (Å²) in [5.74, 6) is -0.160. The van der Waals surface area contributed by atoms with Gasteiger partial charge >= 0.3 is 5.09 Å². The Bertz CT molecular complexity index is 147. The smallest absolute Gasteiger partial charge is 0.369 e. The maximum Gasteiger partial charge on any atom is 0.472 e. The van der Waals surface area contributed by atoms with E-state index in [0.29, 0.717) is 6.41 Å². The summed E-state index contributed by atoms with van der Waals surface area (Å²) >= 11 is 0. The molecule has 0 heterocycles. The predicted octanol–water partition coefficient (Wildman–Crippen LogP) is -2.54. The van der Waals surface area contributed by atoms with Gasteiger partial charge in [-0.1, -0.05) is 0 Å². The van der Waals surface area contributed by atoms with E-state index in [2.05, 4.69) is 5.10 Å². The van der Waals surface area contributed by atoms with E-state index in [4.69, 9.17) is 26.8 Å². The number of guanidine groups is 1. The Hall–Kier alpha value is -2.06. The molecule has 0 aromatic rings. The van der Waals surface area contributed by atoms with Crippen molar-refractivity contribution < 1.29 is 20.3 Å². The van der Waals surface area contributed by atoms with Gasteiger partial charge in [-0.2, -0.15) is 0 Å². The zero-order valence-electron chi connectivity index (χ0n) is 5.34. The second-order valence-electron chi connectivity index (χ2n) is 1.04. The SMILES string of the molecule is NC(N)=NNC=O.O=[N+](O)O. The van der Waals surface area contributed by atoms with Gasteiger partial charge in [0.25, 0.3) is 0 Å². The minimum Gasteiger partial charge on any atom is -0.369 e. The van der Waals surface area contributed by atoms with Gasteiger partial charge in [0, 0.05) is 0 Å². The molecule has 0 unspecified atom stereocenters. The van der Waals surface area contributed by atoms with Crippen LogP contribution in [0.5, 0.6) is 0 Å². The lowest BCUT2D eigenvalue weighted by atomic mass is 11.1. The van der Waals surface area contributed by atoms with Crippen molar-refractivity contribution >= 4 is 12.4 Å². The fraction of sp³-hybridized carbons (Fsp3) is 0. The van der Waals surface area contributed by atoms with Crippen LogP contribution in [0.3, 0.4) is 0 Å². The first-order chi connectivity index (χ1) is 5.00. The topological polar surface area (TPSA) is 154 Å². The summed E-state index contributed by atoms with van der Waals surface area (Å²) in [6.45, 7) is 0. The molecule has 0 rings (SSSR count). The Labute approximate surface area is 60.8 Å². The lowest BCUT2D eigenvalue weighted by Gasteiger charge is -1.84. The van der Waals surface area contributed by atoms with Crippen molar-refractivity contribution in [1.29, 1.82) is 0 Å². The third-order valence-electron chi connectivity index (χ3n) is 0.246. The first-order valence-electron chi connectivity index (χ1n) is 2.13. The van der Waals surface area contributed by atoms with Gasteiger partial charge in [0.2, 0.25) is 12.4 Å². The summed E-state index contributed by atoms with van der Waals surface area (Å²) in [5.41, 5.74) is 11.5. The van der Waals surface area contributed by atoms with Gasteiger partial charge in [-0.3, -0.25) is 4.79 Å². The molecular formula is C2H8N5O4+. The molecule has 9 heteroatoms. The average molecular weight is 166 g/mol. The van der Waals surface area contributed by atoms with Crippen LogP contribution in [0, 0.1) is 4.91 Å². The number of nitrogens with one attached hydrogen (secondary N) is 1. The first-order valence-corrected chi connectivity index (χ1v) is 2.13. The second-order valence-corrected chi connectivity index (χ2v) is 1.04. The van der Waals surface area contributed by atoms with Crippen LogP contribution in [0.4, 0.5) is 0 Å². The van der Waals surface area contributed by atoms with Crippen LogP contribution in [-0.2, 0) is 4.79 Å². The molecule has 0 bridgehead atoms. The molecule has 0 saturated heterocycles. The second kappa shape index (κ2) is 7.94. The number of amides is 1. The maximum absolute atomic E-state index is 9.38. The van der Waals surface area contributed by atoms with Crippen LogP contribution in [0.1, 0.15) is 0 Å². The molecule has 0 aromatic heterocycles. The number of hydrogen-bond acceptors (Lipinski definition) is 3. The molecule has 9 nitrogen and oxygen atoms in total. The van der Waals surface area contributed by atoms with Crippen LogP contribution in [0.15, 0.2) is 5.10 Å². The molecule has 0 aliphatic heterocycles. The van der Waals surface area contributed by atoms with Crippen LogP contribution in [-0.4, -0.2) is 27.9 Å². The average Bonchev–Trinajstić information content (AvgIpc) is 1.82. The van der Waals surface area contributed by atoms with Crippen molar-refractivity contribution in [3.8, 4) is 0 Å². The van der Waals surface area contributed by atoms with E-state index in [-0.39, 0.29) is 5.96 Å². The molecule has 0 saturated carbocycles. The van der Waals surface area contributed by atoms with Crippen molar-refractivity contribution in [2.45, 2.75) is 0 Å². The largest absolute Gasteiger partial charge is 0.472 e. The van der Waals surface area contributed by atoms with E-state index in [0.717, 1.165) is 0 Å². The summed E-state index contributed by atoms with van der Waals surface area (Å²) < 4.78 is 0. The predicted molar refractivity (Wildman–Crippen MR) is 32.2 cm³/mol. The van der Waals surface area contributed by atoms with Gasteiger partial charge in [0.05, 0.1) is 0 Å². The number of hydrogen-bond donors (Lipinski definition) is 5. The standard InChI is InChI=1S/C2H6N4O.H2NO3/c3-2(4)6-5-1-7;2-1(3)4/h1H,(H,5,7)(H4,3,4,6);(H2,2,3,4)/q;+1. The Morgan fingerprint density at radius 1 is 1.55 bits per heavy atom. The molecule has 0 aromatic carbocycles. The Kier molecular flexibility index (Phi) is 8.45. The molecule has 0 atom stereocenters. The number of carbonyl (C=O) groups is 1. The third kappa shape index (κ3) is 74.4. The summed E-state index contributed by atoms with van der Waals surface area (Å²) in [6.07, 6.45) is 0.375. The van der Waals surface area contributed by atoms with Gasteiger partial charge in [-0.05, 0) is 0 Å². The van der Waals surface area contributed by atoms with Crippen molar-refractivity contribution in [3.63, 3.8) is 0 Å². The van der Waals surface area contributed by atoms with Crippen LogP contribution in [0.2, 0.25) is 0 Å². The fourth-order valence-electron chi connectivity index (χ4n) is 0.101. The van der Waals surface area contributed by atoms with E-state index in [1.54, 1.807) is 0 Å². The lowest BCUT2D eigenvalue weighted by Crippen LogP contribution is -2.25. The molecule has 0 aliphatic rings. The van der Waals surface area contributed by atoms with Crippen molar-refractivity contribution in [2.75, 3.05) is 0 Å². The first kappa shape index (κ1) is 11.7. The zero-order chi connectivity index (χ0) is 9.28. The highest BCUT2D eigenvalue weighted by Gasteiger charge is 1.78. The van der Waals surface area contributed by atoms with Crippen molar-refractivity contribution in [1.82, 2.24) is 5.43 Å². The van der Waals surface area contributed by atoms with E-state index in [9.17, 15) is 4.79 Å². The normalized spacial score (nSPS) is 6.55. The maximum atomic E-state index is 9.38. The summed E-state index contributed by atoms with van der Waals surface area (Å²) in [4.78, 5) is 17.9. The van der Waals surface area contributed by atoms with Gasteiger partial charge in [-0.15, -0.1) is 5.10 Å². The van der Waals surface area contributed by atoms with Crippen molar-refractivity contribution in [3.05, 3.63) is 4.91 Å². The molecule has 0 spiro atoms. The van der Waals surface area contributed by atoms with Gasteiger partial charge in [0.1, 0.15) is 4.91 Å². The zero-order valence-corrected chi connectivity index (χ0v) is 5.34. The van der Waals surface area contributed by atoms with Crippen LogP contribution < -0.4 is 16.9 Å². The molecule has 11 heavy (non-hydrogen) atoms. The Morgan fingerprint density at radius 3 is 2.00 bits per heavy atom. The van der Waals surface area contributed by atoms with E-state index >= 15 is 0 Å². The van der Waals surface area contributed by atoms with Crippen LogP contribution >= 0.6 is 0 Å². The van der Waals surface area contributed by atoms with E-state index in [1.165, 1.54) is 0 Å². The summed E-state index contributed by atoms with van der Waals surface area (Å²) in [7, 11) is 0. The van der Waals surface area contributed by atoms with Gasteiger partial charge < -0.3 is 11.5 Å². The molecule has 7 N–H and O–H groups in total. The monoisotopic (exact) mass is 166 g/mol. The number of rotatable bonds is 2. The van der Waals surface area contributed by atoms with E-state index < -0.39 is 5.09 Å². The highest BCUT2D eigenvalue weighted by molar-refractivity contribution is 5.76. The van der Waals surface area contributed by atoms with Gasteiger partial charge in [-0.25, -0.2) is 15.8 Å². The number of nitrogens with two attached hydrogens (primary N) is 2. The molecule has 0 fully saturated rings. The minimum atomic E-state index is -1.25. The molecule has 0 radical (unpaired) electrons. The summed E-state index contributed by atoms with van der Waals surface area (Å²) in [5, 5.41) is 15.6.